The number of thiophene rings is 1. The first kappa shape index (κ1) is 27.3. The summed E-state index contributed by atoms with van der Waals surface area (Å²) >= 11 is 1.14. The fourth-order valence-electron chi connectivity index (χ4n) is 5.00. The Morgan fingerprint density at radius 2 is 1.68 bits per heavy atom. The van der Waals surface area contributed by atoms with Gasteiger partial charge in [0.15, 0.2) is 0 Å². The molecule has 0 atom stereocenters. The molecule has 0 spiro atoms. The van der Waals surface area contributed by atoms with Crippen LogP contribution in [0.2, 0.25) is 0 Å². The molecule has 0 saturated heterocycles. The second-order valence-electron chi connectivity index (χ2n) is 9.50. The number of benzene rings is 2. The molecule has 2 aliphatic heterocycles. The summed E-state index contributed by atoms with van der Waals surface area (Å²) in [5.74, 6) is -1.43. The molecule has 4 N–H and O–H groups in total. The van der Waals surface area contributed by atoms with Crippen LogP contribution < -0.4 is 20.7 Å². The van der Waals surface area contributed by atoms with Gasteiger partial charge in [-0.2, -0.15) is 0 Å². The standard InChI is InChI=1S/C27H27N5O6S2/c1-16(33)31-14-12-20-22(15-31)39-26(23(20)25(35)30-27(28)36)29-24(34)18-8-10-19(11-9-18)40(37,38)32-13-4-6-17-5-2-3-7-21(17)32/h2-3,5,7-11H,4,6,12-15H2,1H3,(H,29,34)(H3,28,30,35,36). The molecule has 0 bridgehead atoms. The highest BCUT2D eigenvalue weighted by Crippen LogP contribution is 2.38. The van der Waals surface area contributed by atoms with E-state index in [4.69, 9.17) is 5.73 Å². The number of carbonyl (C=O) groups is 4. The molecule has 5 rings (SSSR count). The molecule has 1 aromatic heterocycles. The highest BCUT2D eigenvalue weighted by atomic mass is 32.2. The van der Waals surface area contributed by atoms with Crippen LogP contribution >= 0.6 is 11.3 Å². The second kappa shape index (κ2) is 10.7. The lowest BCUT2D eigenvalue weighted by Gasteiger charge is -2.30. The van der Waals surface area contributed by atoms with Crippen LogP contribution in [0.15, 0.2) is 53.4 Å². The molecule has 0 aliphatic carbocycles. The van der Waals surface area contributed by atoms with Gasteiger partial charge in [-0.3, -0.25) is 24.0 Å². The Morgan fingerprint density at radius 3 is 2.38 bits per heavy atom. The van der Waals surface area contributed by atoms with Crippen molar-refractivity contribution in [2.45, 2.75) is 37.6 Å². The zero-order chi connectivity index (χ0) is 28.6. The van der Waals surface area contributed by atoms with Crippen molar-refractivity contribution in [3.63, 3.8) is 0 Å². The van der Waals surface area contributed by atoms with Crippen molar-refractivity contribution in [1.29, 1.82) is 0 Å². The van der Waals surface area contributed by atoms with Gasteiger partial charge in [0.05, 0.1) is 22.7 Å². The number of nitrogens with two attached hydrogens (primary N) is 1. The number of primary amides is 1. The summed E-state index contributed by atoms with van der Waals surface area (Å²) in [6.07, 6.45) is 1.88. The van der Waals surface area contributed by atoms with E-state index in [9.17, 15) is 27.6 Å². The predicted octanol–water partition coefficient (Wildman–Crippen LogP) is 2.86. The largest absolute Gasteiger partial charge is 0.351 e. The monoisotopic (exact) mass is 581 g/mol. The lowest BCUT2D eigenvalue weighted by atomic mass is 10.0. The molecule has 11 nitrogen and oxygen atoms in total. The molecule has 2 aromatic carbocycles. The number of sulfonamides is 1. The lowest BCUT2D eigenvalue weighted by molar-refractivity contribution is -0.129. The van der Waals surface area contributed by atoms with Crippen molar-refractivity contribution in [3.8, 4) is 0 Å². The van der Waals surface area contributed by atoms with E-state index in [0.717, 1.165) is 28.2 Å². The first-order valence-corrected chi connectivity index (χ1v) is 14.8. The Kier molecular flexibility index (Phi) is 7.34. The Morgan fingerprint density at radius 1 is 0.950 bits per heavy atom. The van der Waals surface area contributed by atoms with E-state index in [1.807, 2.05) is 17.4 Å². The Labute approximate surface area is 235 Å². The average Bonchev–Trinajstić information content (AvgIpc) is 3.29. The van der Waals surface area contributed by atoms with Gasteiger partial charge in [0.2, 0.25) is 5.91 Å². The van der Waals surface area contributed by atoms with E-state index in [2.05, 4.69) is 5.32 Å². The molecule has 13 heteroatoms. The van der Waals surface area contributed by atoms with Crippen molar-refractivity contribution in [2.24, 2.45) is 5.73 Å². The number of carbonyl (C=O) groups excluding carboxylic acids is 4. The van der Waals surface area contributed by atoms with E-state index in [1.165, 1.54) is 35.5 Å². The molecule has 3 heterocycles. The zero-order valence-electron chi connectivity index (χ0n) is 21.6. The van der Waals surface area contributed by atoms with Crippen LogP contribution in [-0.2, 0) is 34.2 Å². The molecule has 0 unspecified atom stereocenters. The second-order valence-corrected chi connectivity index (χ2v) is 12.5. The Hall–Kier alpha value is -4.23. The van der Waals surface area contributed by atoms with Crippen LogP contribution in [0.5, 0.6) is 0 Å². The topological polar surface area (TPSA) is 159 Å². The lowest BCUT2D eigenvalue weighted by Crippen LogP contribution is -2.37. The summed E-state index contributed by atoms with van der Waals surface area (Å²) in [5.41, 5.74) is 7.71. The van der Waals surface area contributed by atoms with Crippen LogP contribution in [0.3, 0.4) is 0 Å². The number of amides is 5. The van der Waals surface area contributed by atoms with Crippen molar-refractivity contribution < 1.29 is 27.6 Å². The molecular formula is C27H27N5O6S2. The van der Waals surface area contributed by atoms with E-state index in [1.54, 1.807) is 17.0 Å². The Balaban J connectivity index is 1.40. The van der Waals surface area contributed by atoms with Crippen molar-refractivity contribution in [1.82, 2.24) is 10.2 Å². The van der Waals surface area contributed by atoms with E-state index >= 15 is 0 Å². The summed E-state index contributed by atoms with van der Waals surface area (Å²) in [4.78, 5) is 51.6. The summed E-state index contributed by atoms with van der Waals surface area (Å²) in [7, 11) is -3.85. The molecule has 2 aliphatic rings. The van der Waals surface area contributed by atoms with Crippen LogP contribution in [0.4, 0.5) is 15.5 Å². The number of hydrogen-bond acceptors (Lipinski definition) is 7. The predicted molar refractivity (Wildman–Crippen MR) is 150 cm³/mol. The fraction of sp³-hybridized carbons (Fsp3) is 0.259. The molecular weight excluding hydrogens is 554 g/mol. The molecule has 40 heavy (non-hydrogen) atoms. The minimum absolute atomic E-state index is 0.0539. The van der Waals surface area contributed by atoms with Crippen molar-refractivity contribution >= 4 is 55.8 Å². The van der Waals surface area contributed by atoms with Crippen LogP contribution in [0.1, 0.15) is 50.1 Å². The molecule has 0 fully saturated rings. The van der Waals surface area contributed by atoms with Crippen molar-refractivity contribution in [3.05, 3.63) is 75.7 Å². The van der Waals surface area contributed by atoms with Crippen LogP contribution in [0.25, 0.3) is 0 Å². The molecule has 5 amide bonds. The number of nitrogens with one attached hydrogen (secondary N) is 2. The van der Waals surface area contributed by atoms with E-state index < -0.39 is 27.9 Å². The maximum absolute atomic E-state index is 13.4. The molecule has 0 saturated carbocycles. The number of urea groups is 1. The first-order chi connectivity index (χ1) is 19.1. The van der Waals surface area contributed by atoms with Crippen molar-refractivity contribution in [2.75, 3.05) is 22.7 Å². The number of nitrogens with zero attached hydrogens (tertiary/aromatic N) is 2. The van der Waals surface area contributed by atoms with Gasteiger partial charge >= 0.3 is 6.03 Å². The van der Waals surface area contributed by atoms with Crippen LogP contribution in [0, 0.1) is 0 Å². The smallest absolute Gasteiger partial charge is 0.319 e. The highest BCUT2D eigenvalue weighted by Gasteiger charge is 2.31. The highest BCUT2D eigenvalue weighted by molar-refractivity contribution is 7.92. The van der Waals surface area contributed by atoms with Gasteiger partial charge in [-0.25, -0.2) is 13.2 Å². The third-order valence-electron chi connectivity index (χ3n) is 6.97. The SMILES string of the molecule is CC(=O)N1CCc2c(sc(NC(=O)c3ccc(S(=O)(=O)N4CCCc5ccccc54)cc3)c2C(=O)NC(N)=O)C1. The maximum atomic E-state index is 13.4. The average molecular weight is 582 g/mol. The number of fused-ring (bicyclic) bond motifs is 2. The number of anilines is 2. The van der Waals surface area contributed by atoms with Gasteiger partial charge in [0.25, 0.3) is 21.8 Å². The number of rotatable bonds is 5. The van der Waals surface area contributed by atoms with E-state index in [0.29, 0.717) is 37.2 Å². The summed E-state index contributed by atoms with van der Waals surface area (Å²) < 4.78 is 28.3. The number of aryl methyl sites for hydroxylation is 1. The van der Waals surface area contributed by atoms with Gasteiger partial charge in [0, 0.05) is 30.5 Å². The van der Waals surface area contributed by atoms with Gasteiger partial charge in [-0.15, -0.1) is 11.3 Å². The maximum Gasteiger partial charge on any atom is 0.319 e. The van der Waals surface area contributed by atoms with Crippen LogP contribution in [-0.4, -0.2) is 50.2 Å². The van der Waals surface area contributed by atoms with Gasteiger partial charge in [0.1, 0.15) is 5.00 Å². The zero-order valence-corrected chi connectivity index (χ0v) is 23.2. The van der Waals surface area contributed by atoms with Gasteiger partial charge in [-0.05, 0) is 60.7 Å². The molecule has 0 radical (unpaired) electrons. The first-order valence-electron chi connectivity index (χ1n) is 12.6. The van der Waals surface area contributed by atoms with Gasteiger partial charge < -0.3 is 16.0 Å². The number of imide groups is 1. The summed E-state index contributed by atoms with van der Waals surface area (Å²) in [6.45, 7) is 2.48. The number of hydrogen-bond donors (Lipinski definition) is 3. The molecule has 208 valence electrons. The quantitative estimate of drug-likeness (QED) is 0.420. The minimum atomic E-state index is -3.85. The third-order valence-corrected chi connectivity index (χ3v) is 9.92. The Bertz CT molecular complexity index is 1630. The minimum Gasteiger partial charge on any atom is -0.351 e. The normalized spacial score (nSPS) is 14.6. The summed E-state index contributed by atoms with van der Waals surface area (Å²) in [6, 6.07) is 11.9. The summed E-state index contributed by atoms with van der Waals surface area (Å²) in [5, 5.41) is 4.98. The fourth-order valence-corrected chi connectivity index (χ4v) is 7.80. The molecule has 3 aromatic rings. The van der Waals surface area contributed by atoms with E-state index in [-0.39, 0.29) is 33.5 Å². The number of para-hydroxylation sites is 1. The van der Waals surface area contributed by atoms with Gasteiger partial charge in [-0.1, -0.05) is 18.2 Å². The third kappa shape index (κ3) is 5.17.